The van der Waals surface area contributed by atoms with Crippen LogP contribution in [0, 0.1) is 0 Å². The number of rotatable bonds is 0. The lowest BCUT2D eigenvalue weighted by atomic mass is 9.32. The van der Waals surface area contributed by atoms with Crippen LogP contribution < -0.4 is 63.4 Å². The second kappa shape index (κ2) is 12.0. The van der Waals surface area contributed by atoms with Crippen LogP contribution in [0.4, 0.5) is 0 Å². The Bertz CT molecular complexity index is 3390. The van der Waals surface area contributed by atoms with Gasteiger partial charge >= 0.3 is 0 Å². The molecule has 63 heavy (non-hydrogen) atoms. The summed E-state index contributed by atoms with van der Waals surface area (Å²) >= 11 is 3.69. The topological polar surface area (TPSA) is 27.7 Å². The molecule has 0 atom stereocenters. The van der Waals surface area contributed by atoms with Gasteiger partial charge in [0.2, 0.25) is 0 Å². The highest BCUT2D eigenvalue weighted by atomic mass is 32.2. The molecule has 0 aromatic heterocycles. The second-order valence-electron chi connectivity index (χ2n) is 17.6. The van der Waals surface area contributed by atoms with Crippen LogP contribution >= 0.6 is 23.5 Å². The molecule has 10 aromatic rings. The van der Waals surface area contributed by atoms with Gasteiger partial charge in [0.05, 0.1) is 0 Å². The van der Waals surface area contributed by atoms with E-state index in [1.807, 2.05) is 23.5 Å². The van der Waals surface area contributed by atoms with Gasteiger partial charge in [-0.2, -0.15) is 0 Å². The third-order valence-electron chi connectivity index (χ3n) is 14.7. The zero-order valence-electron chi connectivity index (χ0n) is 33.6. The standard InChI is InChI=1S/C55H29B3O3S2/c1-2-12-34-29(10-1)28-30-11-7-15-40-50(30)56(34)37-25-22-31-47(53(37)59-40)32-23-26-38-55(61-42-17-9-21-46-52(42)57(38)35-13-3-5-18-43(35)62-46)49(32)33-24-27-39-54(48(31)33)60-41-16-8-20-45-51(41)58(39)36-14-4-6-19-44(36)63-45/h1-27H,28H2. The molecule has 0 amide bonds. The van der Waals surface area contributed by atoms with Gasteiger partial charge in [-0.15, -0.1) is 0 Å². The predicted molar refractivity (Wildman–Crippen MR) is 263 cm³/mol. The quantitative estimate of drug-likeness (QED) is 0.115. The van der Waals surface area contributed by atoms with Gasteiger partial charge in [-0.3, -0.25) is 0 Å². The maximum absolute atomic E-state index is 7.35. The van der Waals surface area contributed by atoms with Crippen LogP contribution in [-0.2, 0) is 6.42 Å². The average molecular weight is 834 g/mol. The molecule has 0 fully saturated rings. The fraction of sp³-hybridized carbons (Fsp3) is 0.0182. The zero-order chi connectivity index (χ0) is 40.7. The molecule has 6 aliphatic rings. The van der Waals surface area contributed by atoms with Crippen molar-refractivity contribution in [1.82, 2.24) is 0 Å². The molecule has 0 radical (unpaired) electrons. The van der Waals surface area contributed by atoms with Gasteiger partial charge in [-0.05, 0) is 109 Å². The summed E-state index contributed by atoms with van der Waals surface area (Å²) in [6, 6.07) is 60.6. The highest BCUT2D eigenvalue weighted by Crippen LogP contribution is 2.50. The lowest BCUT2D eigenvalue weighted by Gasteiger charge is -2.36. The van der Waals surface area contributed by atoms with Crippen molar-refractivity contribution < 1.29 is 14.2 Å². The van der Waals surface area contributed by atoms with Crippen molar-refractivity contribution in [3.05, 3.63) is 175 Å². The maximum Gasteiger partial charge on any atom is 0.253 e. The van der Waals surface area contributed by atoms with Crippen LogP contribution in [0.25, 0.3) is 32.3 Å². The number of benzene rings is 10. The van der Waals surface area contributed by atoms with E-state index in [1.54, 1.807) is 0 Å². The summed E-state index contributed by atoms with van der Waals surface area (Å²) < 4.78 is 22.0. The summed E-state index contributed by atoms with van der Waals surface area (Å²) in [4.78, 5) is 5.10. The van der Waals surface area contributed by atoms with E-state index in [1.165, 1.54) is 79.9 Å². The van der Waals surface area contributed by atoms with E-state index in [-0.39, 0.29) is 20.1 Å². The van der Waals surface area contributed by atoms with E-state index < -0.39 is 0 Å². The molecule has 6 heterocycles. The van der Waals surface area contributed by atoms with E-state index in [2.05, 4.69) is 164 Å². The van der Waals surface area contributed by atoms with Gasteiger partial charge < -0.3 is 14.2 Å². The molecule has 288 valence electrons. The third kappa shape index (κ3) is 4.29. The van der Waals surface area contributed by atoms with Crippen LogP contribution in [0.3, 0.4) is 0 Å². The van der Waals surface area contributed by atoms with E-state index in [0.717, 1.165) is 73.2 Å². The summed E-state index contributed by atoms with van der Waals surface area (Å²) in [5.41, 5.74) is 14.1. The Labute approximate surface area is 372 Å². The molecule has 0 unspecified atom stereocenters. The van der Waals surface area contributed by atoms with Gasteiger partial charge in [-0.25, -0.2) is 0 Å². The summed E-state index contributed by atoms with van der Waals surface area (Å²) in [5.74, 6) is 5.52. The van der Waals surface area contributed by atoms with Crippen molar-refractivity contribution in [1.29, 1.82) is 0 Å². The minimum atomic E-state index is 0.0351. The van der Waals surface area contributed by atoms with Crippen LogP contribution in [0.15, 0.2) is 183 Å². The second-order valence-corrected chi connectivity index (χ2v) is 19.8. The number of fused-ring (bicyclic) bond motifs is 21. The monoisotopic (exact) mass is 834 g/mol. The van der Waals surface area contributed by atoms with Crippen molar-refractivity contribution in [2.24, 2.45) is 0 Å². The Morgan fingerprint density at radius 3 is 1.24 bits per heavy atom. The minimum Gasteiger partial charge on any atom is -0.458 e. The highest BCUT2D eigenvalue weighted by Gasteiger charge is 2.44. The third-order valence-corrected chi connectivity index (χ3v) is 17.0. The number of hydrogen-bond acceptors (Lipinski definition) is 5. The van der Waals surface area contributed by atoms with E-state index in [4.69, 9.17) is 14.2 Å². The number of hydrogen-bond donors (Lipinski definition) is 0. The molecular weight excluding hydrogens is 805 g/mol. The van der Waals surface area contributed by atoms with Crippen molar-refractivity contribution >= 4 is 125 Å². The first-order valence-corrected chi connectivity index (χ1v) is 23.4. The molecule has 0 spiro atoms. The fourth-order valence-electron chi connectivity index (χ4n) is 12.2. The Morgan fingerprint density at radius 2 is 0.714 bits per heavy atom. The Morgan fingerprint density at radius 1 is 0.317 bits per heavy atom. The number of ether oxygens (including phenoxy) is 3. The lowest BCUT2D eigenvalue weighted by Crippen LogP contribution is -2.59. The molecule has 0 saturated carbocycles. The largest absolute Gasteiger partial charge is 0.458 e. The zero-order valence-corrected chi connectivity index (χ0v) is 35.2. The molecule has 10 aromatic carbocycles. The molecule has 0 saturated heterocycles. The van der Waals surface area contributed by atoms with Gasteiger partial charge in [0.15, 0.2) is 0 Å². The normalized spacial score (nSPS) is 14.8. The molecule has 0 bridgehead atoms. The lowest BCUT2D eigenvalue weighted by molar-refractivity contribution is 0.490. The smallest absolute Gasteiger partial charge is 0.253 e. The maximum atomic E-state index is 7.35. The van der Waals surface area contributed by atoms with Crippen molar-refractivity contribution in [3.8, 4) is 34.5 Å². The van der Waals surface area contributed by atoms with Gasteiger partial charge in [0.1, 0.15) is 34.5 Å². The van der Waals surface area contributed by atoms with Crippen LogP contribution in [-0.4, -0.2) is 20.1 Å². The Kier molecular flexibility index (Phi) is 6.47. The van der Waals surface area contributed by atoms with E-state index in [0.29, 0.717) is 0 Å². The summed E-state index contributed by atoms with van der Waals surface area (Å²) in [5, 5.41) is 6.63. The van der Waals surface area contributed by atoms with Crippen LogP contribution in [0.2, 0.25) is 0 Å². The average Bonchev–Trinajstić information content (AvgIpc) is 3.33. The minimum absolute atomic E-state index is 0.0351. The molecule has 0 N–H and O–H groups in total. The highest BCUT2D eigenvalue weighted by molar-refractivity contribution is 8.00. The van der Waals surface area contributed by atoms with Gasteiger partial charge in [-0.1, -0.05) is 161 Å². The van der Waals surface area contributed by atoms with Crippen molar-refractivity contribution in [3.63, 3.8) is 0 Å². The predicted octanol–water partition coefficient (Wildman–Crippen LogP) is 7.85. The first kappa shape index (κ1) is 33.8. The summed E-state index contributed by atoms with van der Waals surface area (Å²) in [6.07, 6.45) is 0.903. The molecule has 16 rings (SSSR count). The SMILES string of the molecule is c1ccc2c(c1)Cc1cccc3c1B2c1ccc2c(c1O3)c1ccc3c(c1c1ccc4c(c21)Oc1cccc2c1B4c1ccccc1S2)Oc1cccc2c1B3c1ccccc1S2. The van der Waals surface area contributed by atoms with Gasteiger partial charge in [0, 0.05) is 35.7 Å². The summed E-state index contributed by atoms with van der Waals surface area (Å²) in [7, 11) is 0. The van der Waals surface area contributed by atoms with Crippen molar-refractivity contribution in [2.45, 2.75) is 26.0 Å². The first-order chi connectivity index (χ1) is 31.2. The molecular formula is C55H29B3O3S2. The first-order valence-electron chi connectivity index (χ1n) is 21.8. The molecule has 8 heteroatoms. The van der Waals surface area contributed by atoms with Crippen LogP contribution in [0.5, 0.6) is 34.5 Å². The fourth-order valence-corrected chi connectivity index (χ4v) is 14.5. The van der Waals surface area contributed by atoms with Gasteiger partial charge in [0.25, 0.3) is 20.1 Å². The van der Waals surface area contributed by atoms with Crippen molar-refractivity contribution in [2.75, 3.05) is 0 Å². The molecule has 6 aliphatic heterocycles. The summed E-state index contributed by atoms with van der Waals surface area (Å²) in [6.45, 7) is 0.124. The van der Waals surface area contributed by atoms with E-state index >= 15 is 0 Å². The molecule has 0 aliphatic carbocycles. The van der Waals surface area contributed by atoms with E-state index in [9.17, 15) is 0 Å². The Hall–Kier alpha value is -6.73. The Balaban J connectivity index is 1.06. The molecule has 3 nitrogen and oxygen atoms in total. The van der Waals surface area contributed by atoms with Crippen LogP contribution in [0.1, 0.15) is 11.1 Å².